The Morgan fingerprint density at radius 3 is 0.184 bits per heavy atom. The lowest BCUT2D eigenvalue weighted by Gasteiger charge is -2.37. The maximum absolute atomic E-state index is 6.19. The zero-order valence-electron chi connectivity index (χ0n) is 35.6. The van der Waals surface area contributed by atoms with E-state index in [2.05, 4.69) is 0 Å². The van der Waals surface area contributed by atoms with Crippen molar-refractivity contribution in [3.8, 4) is 0 Å². The fraction of sp³-hybridized carbons (Fsp3) is 0. The van der Waals surface area contributed by atoms with E-state index in [1.165, 1.54) is 0 Å². The Morgan fingerprint density at radius 2 is 0.138 bits per heavy atom. The molecule has 0 heterocycles. The van der Waals surface area contributed by atoms with Crippen molar-refractivity contribution >= 4 is 804 Å². The monoisotopic (exact) mass is 2780 g/mol. The van der Waals surface area contributed by atoms with Crippen molar-refractivity contribution in [2.75, 3.05) is 0 Å². The normalized spacial score (nSPS) is 16.9. The molecule has 0 spiro atoms. The Labute approximate surface area is 779 Å². The van der Waals surface area contributed by atoms with Crippen molar-refractivity contribution in [1.82, 2.24) is 0 Å². The Morgan fingerprint density at radius 1 is 0.0920 bits per heavy atom. The van der Waals surface area contributed by atoms with Crippen molar-refractivity contribution in [3.05, 3.63) is 0 Å². The van der Waals surface area contributed by atoms with E-state index in [1.807, 2.05) is 0 Å². The van der Waals surface area contributed by atoms with E-state index in [1.54, 1.807) is 0 Å². The molecule has 0 aliphatic carbocycles. The summed E-state index contributed by atoms with van der Waals surface area (Å²) in [5, 5.41) is -105. The largest absolute Gasteiger partial charge is 0.0451 e. The summed E-state index contributed by atoms with van der Waals surface area (Å²) < 4.78 is 0. The molecular weight excluding hydrogens is 2790 g/mol. The van der Waals surface area contributed by atoms with Crippen molar-refractivity contribution in [1.29, 1.82) is 0 Å². The molecule has 87 heteroatoms. The molecule has 0 aromatic carbocycles. The highest BCUT2D eigenvalue weighted by Gasteiger charge is 2.49. The first-order valence-electron chi connectivity index (χ1n) is 14.4. The smallest absolute Gasteiger partial charge is 0.0381 e. The van der Waals surface area contributed by atoms with E-state index in [4.69, 9.17) is 649 Å². The highest BCUT2D eigenvalue weighted by atomic mass is 34.5. The Hall–Kier alpha value is 22.9. The van der Waals surface area contributed by atoms with Gasteiger partial charge in [0.2, 0.25) is 0 Å². The van der Waals surface area contributed by atoms with Crippen molar-refractivity contribution < 1.29 is 0 Å². The molecule has 0 aliphatic rings. The van der Waals surface area contributed by atoms with Gasteiger partial charge in [-0.3, -0.25) is 0 Å². The van der Waals surface area contributed by atoms with Gasteiger partial charge in [0, 0.05) is 141 Å². The van der Waals surface area contributed by atoms with E-state index in [-0.39, 0.29) is 0 Å². The average Bonchev–Trinajstić information content (AvgIpc) is 3.29. The second-order valence-electron chi connectivity index (χ2n) is 11.5. The van der Waals surface area contributed by atoms with E-state index < -0.39 is 155 Å². The first-order valence-corrected chi connectivity index (χ1v) is 130. The van der Waals surface area contributed by atoms with Gasteiger partial charge in [-0.15, -0.1) is 0 Å². The molecule has 0 aliphatic heterocycles. The Bertz CT molecular complexity index is 6270. The summed E-state index contributed by atoms with van der Waals surface area (Å²) in [6, 6.07) is 0. The zero-order chi connectivity index (χ0) is 72.7. The van der Waals surface area contributed by atoms with Gasteiger partial charge in [-0.2, -0.15) is 0 Å². The van der Waals surface area contributed by atoms with Crippen molar-refractivity contribution in [2.24, 2.45) is 0 Å². The standard InChI is InChI=1S/H2S87/c1-59(2)61(5,6)63(9,10)65(13,14)67(17,18)69(21,22)71(25,26)73(29,30)75(33,34)77(37,38)79(41,42)81(45,46)83(49,50)85(53,54)87(57,58)86(55,56)84(51,52)82(47,48)80(43,44)78(39,40)76(35,36)74(31,32)72(27,28)70(23,24)68(19,20)66(15,16)64(11,12)62(7,8)60(3)4/h59-60H. The fourth-order valence-corrected chi connectivity index (χ4v) is 658. The van der Waals surface area contributed by atoms with Crippen LogP contribution in [0.4, 0.5) is 0 Å². The van der Waals surface area contributed by atoms with Crippen LogP contribution < -0.4 is 0 Å². The van der Waals surface area contributed by atoms with E-state index in [0.29, 0.717) is 0 Å². The molecule has 0 N–H and O–H groups in total. The molecule has 0 radical (unpaired) electrons. The maximum atomic E-state index is 6.19. The minimum atomic E-state index is -4.14. The van der Waals surface area contributed by atoms with Gasteiger partial charge < -0.3 is 0 Å². The summed E-state index contributed by atoms with van der Waals surface area (Å²) in [6.07, 6.45) is 0. The number of rotatable bonds is 28. The van der Waals surface area contributed by atoms with Gasteiger partial charge in [0.1, 0.15) is 0 Å². The molecule has 0 rings (SSSR count). The van der Waals surface area contributed by atoms with Gasteiger partial charge in [-0.1, -0.05) is 0 Å². The third-order valence-electron chi connectivity index (χ3n) is 6.88. The molecule has 0 aromatic rings. The lowest BCUT2D eigenvalue weighted by Crippen LogP contribution is -2.41. The van der Waals surface area contributed by atoms with E-state index >= 15 is 0 Å². The van der Waals surface area contributed by atoms with Gasteiger partial charge in [0.15, 0.2) is 0 Å². The first kappa shape index (κ1) is 110. The number of hydrogen-bond donors (Lipinski definition) is 2. The van der Waals surface area contributed by atoms with E-state index in [9.17, 15) is 0 Å². The summed E-state index contributed by atoms with van der Waals surface area (Å²) in [4.78, 5) is 0. The molecule has 0 unspecified atom stereocenters. The Balaban J connectivity index is 8.77. The molecule has 0 bridgehead atoms. The van der Waals surface area contributed by atoms with Crippen LogP contribution in [0.2, 0.25) is 0 Å². The molecule has 87 heavy (non-hydrogen) atoms. The van der Waals surface area contributed by atoms with Crippen LogP contribution in [0.1, 0.15) is 0 Å². The van der Waals surface area contributed by atoms with E-state index in [0.717, 1.165) is 0 Å². The van der Waals surface area contributed by atoms with Crippen LogP contribution in [0.3, 0.4) is 0 Å². The summed E-state index contributed by atoms with van der Waals surface area (Å²) in [5.74, 6) is 0. The van der Waals surface area contributed by atoms with Crippen LogP contribution in [0.25, 0.3) is 0 Å². The first-order chi connectivity index (χ1) is 36.4. The molecule has 0 aromatic heterocycles. The minimum Gasteiger partial charge on any atom is -0.0381 e. The quantitative estimate of drug-likeness (QED) is 0.0747. The molecule has 524 valence electrons. The number of hydrogen-bond acceptors (Lipinski definition) is 58. The molecule has 0 saturated heterocycles. The summed E-state index contributed by atoms with van der Waals surface area (Å²) in [7, 11) is -4.01. The van der Waals surface area contributed by atoms with Crippen LogP contribution in [0, 0.1) is 0 Å². The zero-order valence-corrected chi connectivity index (χ0v) is 107. The lowest BCUT2D eigenvalue weighted by atomic mass is 29.7. The van der Waals surface area contributed by atoms with Gasteiger partial charge in [-0.05, 0) is 663 Å². The summed E-state index contributed by atoms with van der Waals surface area (Å²) in [6.45, 7) is 0. The topological polar surface area (TPSA) is 0 Å². The second-order valence-corrected chi connectivity index (χ2v) is 311. The highest BCUT2D eigenvalue weighted by Crippen LogP contribution is 2.45. The molecule has 0 atom stereocenters. The molecule has 0 saturated carbocycles. The Kier molecular flexibility index (Phi) is 44.0. The second kappa shape index (κ2) is 34.8. The molecular formula is H2S87. The maximum Gasteiger partial charge on any atom is 0.0451 e. The van der Waals surface area contributed by atoms with Crippen LogP contribution >= 0.6 is 0 Å². The van der Waals surface area contributed by atoms with Crippen LogP contribution in [0.15, 0.2) is 0 Å². The third-order valence-corrected chi connectivity index (χ3v) is 557. The third kappa shape index (κ3) is 17.2. The van der Waals surface area contributed by atoms with Crippen LogP contribution in [0.5, 0.6) is 0 Å². The molecule has 0 nitrogen and oxygen atoms in total. The minimum absolute atomic E-state index is 2.00. The summed E-state index contributed by atoms with van der Waals surface area (Å²) >= 11 is 348. The van der Waals surface area contributed by atoms with Crippen molar-refractivity contribution in [2.45, 2.75) is 0 Å². The average molecular weight is 2790 g/mol. The fourth-order valence-electron chi connectivity index (χ4n) is 2.71. The van der Waals surface area contributed by atoms with Gasteiger partial charge >= 0.3 is 0 Å². The predicted octanol–water partition coefficient (Wildman–Crippen LogP) is -0.744. The summed E-state index contributed by atoms with van der Waals surface area (Å²) in [5.41, 5.74) is 0. The van der Waals surface area contributed by atoms with Crippen molar-refractivity contribution in [3.63, 3.8) is 0 Å². The molecule has 0 fully saturated rings. The van der Waals surface area contributed by atoms with Gasteiger partial charge in [0.05, 0.1) is 0 Å². The van der Waals surface area contributed by atoms with Crippen LogP contribution in [-0.4, -0.2) is 0 Å². The highest BCUT2D eigenvalue weighted by molar-refractivity contribution is 9.82. The van der Waals surface area contributed by atoms with Crippen LogP contribution in [-0.2, 0) is 804 Å². The van der Waals surface area contributed by atoms with Gasteiger partial charge in [0.25, 0.3) is 0 Å². The predicted molar refractivity (Wildman–Crippen MR) is 644 cm³/mol. The SMILES string of the molecule is S=[SH](=S)S(=S)(=S)S(=S)(=S)S(=S)(=S)S(=S)(=S)S(=S)(=S)S(=S)(=S)S(=S)(=S)S(=S)(=S)S(=S)(=S)S(=S)(=S)S(=S)(=S)S(=S)(=S)S(=S)(=S)S(=S)(=S)S(=S)(=S)S(=S)(=S)S(=S)(=S)S(=S)(=S)S(=S)(=S)S(=S)(=S)S(=S)(=S)S(=S)(=S)S(=S)(=S)S(=S)(=S)S(=S)(=S)S(=S)(=S)S(=S)(=S)[SH](=S)=S. The van der Waals surface area contributed by atoms with Gasteiger partial charge in [-0.25, -0.2) is 0 Å². The molecule has 0 amide bonds. The lowest BCUT2D eigenvalue weighted by molar-refractivity contribution is 4.96. The number of thiol groups is 2.